The van der Waals surface area contributed by atoms with Gasteiger partial charge in [0.2, 0.25) is 10.0 Å². The molecule has 2 N–H and O–H groups in total. The number of amides is 2. The summed E-state index contributed by atoms with van der Waals surface area (Å²) in [5.74, 6) is -2.19. The summed E-state index contributed by atoms with van der Waals surface area (Å²) in [7, 11) is -3.86. The van der Waals surface area contributed by atoms with Crippen molar-refractivity contribution < 1.29 is 27.1 Å². The molecule has 2 aromatic carbocycles. The van der Waals surface area contributed by atoms with Crippen molar-refractivity contribution in [1.82, 2.24) is 14.9 Å². The van der Waals surface area contributed by atoms with Gasteiger partial charge in [-0.3, -0.25) is 9.59 Å². The predicted octanol–water partition coefficient (Wildman–Crippen LogP) is 1.53. The molecule has 1 fully saturated rings. The Morgan fingerprint density at radius 2 is 1.66 bits per heavy atom. The van der Waals surface area contributed by atoms with Crippen LogP contribution < -0.4 is 10.6 Å². The SMILES string of the molecule is Cc1cc(C)c(S(=O)(=O)N2CCOC2CNC(=O)C(=O)NCc2ccc(F)cc2)c(C)c1. The molecule has 32 heavy (non-hydrogen) atoms. The molecule has 1 heterocycles. The summed E-state index contributed by atoms with van der Waals surface area (Å²) in [6, 6.07) is 9.12. The van der Waals surface area contributed by atoms with Crippen molar-refractivity contribution in [1.29, 1.82) is 0 Å². The van der Waals surface area contributed by atoms with E-state index in [1.54, 1.807) is 26.0 Å². The quantitative estimate of drug-likeness (QED) is 0.633. The zero-order valence-corrected chi connectivity index (χ0v) is 19.0. The summed E-state index contributed by atoms with van der Waals surface area (Å²) in [6.45, 7) is 5.59. The van der Waals surface area contributed by atoms with Gasteiger partial charge in [0, 0.05) is 13.1 Å². The second-order valence-electron chi connectivity index (χ2n) is 7.69. The number of rotatable bonds is 6. The number of halogens is 1. The Morgan fingerprint density at radius 3 is 2.28 bits per heavy atom. The van der Waals surface area contributed by atoms with Crippen molar-refractivity contribution in [3.05, 3.63) is 64.5 Å². The van der Waals surface area contributed by atoms with Gasteiger partial charge in [0.25, 0.3) is 0 Å². The van der Waals surface area contributed by atoms with Gasteiger partial charge in [-0.25, -0.2) is 12.8 Å². The average Bonchev–Trinajstić information content (AvgIpc) is 3.20. The Labute approximate surface area is 186 Å². The number of aryl methyl sites for hydroxylation is 3. The first-order valence-corrected chi connectivity index (χ1v) is 11.6. The van der Waals surface area contributed by atoms with Crippen molar-refractivity contribution in [3.63, 3.8) is 0 Å². The van der Waals surface area contributed by atoms with Gasteiger partial charge in [0.15, 0.2) is 0 Å². The molecule has 8 nitrogen and oxygen atoms in total. The lowest BCUT2D eigenvalue weighted by Crippen LogP contribution is -2.47. The highest BCUT2D eigenvalue weighted by atomic mass is 32.2. The van der Waals surface area contributed by atoms with Gasteiger partial charge in [-0.15, -0.1) is 0 Å². The third-order valence-electron chi connectivity index (χ3n) is 5.12. The van der Waals surface area contributed by atoms with Gasteiger partial charge < -0.3 is 15.4 Å². The molecule has 172 valence electrons. The molecule has 1 unspecified atom stereocenters. The molecule has 1 atom stereocenters. The predicted molar refractivity (Wildman–Crippen MR) is 116 cm³/mol. The topological polar surface area (TPSA) is 105 Å². The Morgan fingerprint density at radius 1 is 1.06 bits per heavy atom. The Kier molecular flexibility index (Phi) is 7.27. The summed E-state index contributed by atoms with van der Waals surface area (Å²) in [4.78, 5) is 24.4. The number of carbonyl (C=O) groups excluding carboxylic acids is 2. The first kappa shape index (κ1) is 23.8. The van der Waals surface area contributed by atoms with Gasteiger partial charge in [-0.1, -0.05) is 29.8 Å². The zero-order chi connectivity index (χ0) is 23.5. The number of hydrogen-bond acceptors (Lipinski definition) is 5. The fourth-order valence-corrected chi connectivity index (χ4v) is 5.68. The highest BCUT2D eigenvalue weighted by molar-refractivity contribution is 7.89. The molecular weight excluding hydrogens is 437 g/mol. The van der Waals surface area contributed by atoms with Crippen LogP contribution in [-0.2, 0) is 30.9 Å². The number of nitrogens with one attached hydrogen (secondary N) is 2. The van der Waals surface area contributed by atoms with Crippen molar-refractivity contribution in [3.8, 4) is 0 Å². The standard InChI is InChI=1S/C22H26FN3O5S/c1-14-10-15(2)20(16(3)11-14)32(29,30)26-8-9-31-19(26)13-25-22(28)21(27)24-12-17-4-6-18(23)7-5-17/h4-7,10-11,19H,8-9,12-13H2,1-3H3,(H,24,27)(H,25,28). The van der Waals surface area contributed by atoms with Gasteiger partial charge in [0.05, 0.1) is 18.0 Å². The number of sulfonamides is 1. The minimum atomic E-state index is -3.86. The molecule has 2 aromatic rings. The second kappa shape index (κ2) is 9.76. The number of benzene rings is 2. The molecule has 0 spiro atoms. The zero-order valence-electron chi connectivity index (χ0n) is 18.1. The van der Waals surface area contributed by atoms with Gasteiger partial charge >= 0.3 is 11.8 Å². The molecule has 0 aromatic heterocycles. The lowest BCUT2D eigenvalue weighted by atomic mass is 10.1. The van der Waals surface area contributed by atoms with Gasteiger partial charge in [0.1, 0.15) is 12.0 Å². The molecule has 1 aliphatic rings. The van der Waals surface area contributed by atoms with Crippen LogP contribution in [0.2, 0.25) is 0 Å². The van der Waals surface area contributed by atoms with Crippen LogP contribution in [0.1, 0.15) is 22.3 Å². The molecule has 2 amide bonds. The number of nitrogens with zero attached hydrogens (tertiary/aromatic N) is 1. The molecule has 0 bridgehead atoms. The minimum absolute atomic E-state index is 0.0545. The first-order chi connectivity index (χ1) is 15.1. The van der Waals surface area contributed by atoms with E-state index in [1.807, 2.05) is 6.92 Å². The van der Waals surface area contributed by atoms with E-state index in [4.69, 9.17) is 4.74 Å². The van der Waals surface area contributed by atoms with Crippen molar-refractivity contribution >= 4 is 21.8 Å². The molecular formula is C22H26FN3O5S. The minimum Gasteiger partial charge on any atom is -0.359 e. The summed E-state index contributed by atoms with van der Waals surface area (Å²) >= 11 is 0. The van der Waals surface area contributed by atoms with Crippen LogP contribution in [0, 0.1) is 26.6 Å². The molecule has 0 saturated carbocycles. The normalized spacial score (nSPS) is 16.7. The lowest BCUT2D eigenvalue weighted by Gasteiger charge is -2.24. The van der Waals surface area contributed by atoms with Crippen LogP contribution in [0.3, 0.4) is 0 Å². The van der Waals surface area contributed by atoms with Crippen LogP contribution in [0.25, 0.3) is 0 Å². The van der Waals surface area contributed by atoms with E-state index >= 15 is 0 Å². The maximum atomic E-state index is 13.3. The van der Waals surface area contributed by atoms with Gasteiger partial charge in [-0.2, -0.15) is 4.31 Å². The van der Waals surface area contributed by atoms with E-state index in [1.165, 1.54) is 28.6 Å². The van der Waals surface area contributed by atoms with Crippen LogP contribution in [0.15, 0.2) is 41.3 Å². The van der Waals surface area contributed by atoms with E-state index in [9.17, 15) is 22.4 Å². The average molecular weight is 464 g/mol. The monoisotopic (exact) mass is 463 g/mol. The summed E-state index contributed by atoms with van der Waals surface area (Å²) in [5.41, 5.74) is 2.87. The lowest BCUT2D eigenvalue weighted by molar-refractivity contribution is -0.139. The maximum absolute atomic E-state index is 13.3. The third-order valence-corrected chi connectivity index (χ3v) is 7.32. The molecule has 3 rings (SSSR count). The summed E-state index contributed by atoms with van der Waals surface area (Å²) in [5, 5.41) is 4.85. The van der Waals surface area contributed by atoms with Crippen LogP contribution in [0.5, 0.6) is 0 Å². The number of ether oxygens (including phenoxy) is 1. The van der Waals surface area contributed by atoms with Crippen LogP contribution in [-0.4, -0.2) is 50.5 Å². The van der Waals surface area contributed by atoms with Crippen LogP contribution >= 0.6 is 0 Å². The Hall–Kier alpha value is -2.82. The summed E-state index contributed by atoms with van der Waals surface area (Å²) in [6.07, 6.45) is -0.922. The van der Waals surface area contributed by atoms with Gasteiger partial charge in [-0.05, 0) is 49.6 Å². The maximum Gasteiger partial charge on any atom is 0.309 e. The largest absolute Gasteiger partial charge is 0.359 e. The van der Waals surface area contributed by atoms with E-state index < -0.39 is 33.9 Å². The fraction of sp³-hybridized carbons (Fsp3) is 0.364. The molecule has 1 aliphatic heterocycles. The fourth-order valence-electron chi connectivity index (χ4n) is 3.76. The smallest absolute Gasteiger partial charge is 0.309 e. The molecule has 10 heteroatoms. The van der Waals surface area contributed by atoms with Crippen molar-refractivity contribution in [2.24, 2.45) is 0 Å². The highest BCUT2D eigenvalue weighted by Crippen LogP contribution is 2.28. The van der Waals surface area contributed by atoms with E-state index in [0.29, 0.717) is 16.7 Å². The highest BCUT2D eigenvalue weighted by Gasteiger charge is 2.38. The Balaban J connectivity index is 1.61. The van der Waals surface area contributed by atoms with Crippen LogP contribution in [0.4, 0.5) is 4.39 Å². The number of carbonyl (C=O) groups is 2. The first-order valence-electron chi connectivity index (χ1n) is 10.1. The third kappa shape index (κ3) is 5.32. The second-order valence-corrected chi connectivity index (χ2v) is 9.52. The van der Waals surface area contributed by atoms with Crippen molar-refractivity contribution in [2.45, 2.75) is 38.4 Å². The summed E-state index contributed by atoms with van der Waals surface area (Å²) < 4.78 is 46.2. The molecule has 0 aliphatic carbocycles. The molecule has 1 saturated heterocycles. The number of hydrogen-bond donors (Lipinski definition) is 2. The Bertz CT molecular complexity index is 1100. The van der Waals surface area contributed by atoms with E-state index in [-0.39, 0.29) is 31.1 Å². The van der Waals surface area contributed by atoms with E-state index in [0.717, 1.165) is 5.56 Å². The van der Waals surface area contributed by atoms with E-state index in [2.05, 4.69) is 10.6 Å². The molecule has 0 radical (unpaired) electrons. The van der Waals surface area contributed by atoms with Crippen molar-refractivity contribution in [2.75, 3.05) is 19.7 Å².